The molecule has 3 nitrogen and oxygen atoms in total. The Morgan fingerprint density at radius 3 is 2.92 bits per heavy atom. The number of unbranched alkanes of at least 4 members (excludes halogenated alkanes) is 1. The Bertz CT molecular complexity index is 245. The largest absolute Gasteiger partial charge is 0.385 e. The van der Waals surface area contributed by atoms with E-state index in [1.165, 1.54) is 0 Å². The number of aryl methyl sites for hydroxylation is 1. The van der Waals surface area contributed by atoms with Gasteiger partial charge >= 0.3 is 0 Å². The highest BCUT2D eigenvalue weighted by atomic mass is 127. The fourth-order valence-corrected chi connectivity index (χ4v) is 1.58. The monoisotopic (exact) mass is 314 g/mol. The van der Waals surface area contributed by atoms with Crippen molar-refractivity contribution < 1.29 is 4.74 Å². The Morgan fingerprint density at radius 1 is 1.62 bits per heavy atom. The minimum absolute atomic E-state index is 0.729. The molecule has 0 spiro atoms. The van der Waals surface area contributed by atoms with Crippen molar-refractivity contribution in [1.29, 1.82) is 0 Å². The van der Waals surface area contributed by atoms with Gasteiger partial charge in [0.05, 0.1) is 5.02 Å². The van der Waals surface area contributed by atoms with Gasteiger partial charge in [0, 0.05) is 26.5 Å². The van der Waals surface area contributed by atoms with Gasteiger partial charge in [-0.1, -0.05) is 11.6 Å². The third kappa shape index (κ3) is 3.83. The number of nitrogens with zero attached hydrogens (tertiary/aromatic N) is 2. The molecular formula is C8H12ClIN2O. The Hall–Kier alpha value is 0.190. The van der Waals surface area contributed by atoms with E-state index in [0.717, 1.165) is 34.7 Å². The molecule has 0 N–H and O–H groups in total. The van der Waals surface area contributed by atoms with Crippen molar-refractivity contribution in [3.05, 3.63) is 14.9 Å². The van der Waals surface area contributed by atoms with E-state index in [9.17, 15) is 0 Å². The number of halogens is 2. The zero-order valence-corrected chi connectivity index (χ0v) is 10.4. The van der Waals surface area contributed by atoms with Gasteiger partial charge in [-0.25, -0.2) is 0 Å². The van der Waals surface area contributed by atoms with Gasteiger partial charge in [0.2, 0.25) is 0 Å². The lowest BCUT2D eigenvalue weighted by Crippen LogP contribution is -2.00. The first-order chi connectivity index (χ1) is 6.24. The fraction of sp³-hybridized carbons (Fsp3) is 0.625. The van der Waals surface area contributed by atoms with Crippen molar-refractivity contribution in [2.75, 3.05) is 13.7 Å². The van der Waals surface area contributed by atoms with E-state index in [1.54, 1.807) is 7.11 Å². The molecule has 13 heavy (non-hydrogen) atoms. The van der Waals surface area contributed by atoms with Crippen molar-refractivity contribution in [1.82, 2.24) is 9.78 Å². The number of hydrogen-bond donors (Lipinski definition) is 0. The van der Waals surface area contributed by atoms with Gasteiger partial charge in [0.25, 0.3) is 0 Å². The number of methoxy groups -OCH3 is 1. The van der Waals surface area contributed by atoms with Gasteiger partial charge < -0.3 is 4.74 Å². The topological polar surface area (TPSA) is 27.1 Å². The molecule has 1 aromatic rings. The van der Waals surface area contributed by atoms with Crippen LogP contribution in [0.4, 0.5) is 0 Å². The predicted octanol–water partition coefficient (Wildman–Crippen LogP) is 2.57. The molecule has 0 aliphatic heterocycles. The molecule has 0 saturated heterocycles. The van der Waals surface area contributed by atoms with E-state index >= 15 is 0 Å². The van der Waals surface area contributed by atoms with Crippen LogP contribution in [0.5, 0.6) is 0 Å². The summed E-state index contributed by atoms with van der Waals surface area (Å²) in [4.78, 5) is 0. The number of aromatic nitrogens is 2. The maximum absolute atomic E-state index is 5.85. The van der Waals surface area contributed by atoms with Crippen LogP contribution in [0.1, 0.15) is 12.8 Å². The summed E-state index contributed by atoms with van der Waals surface area (Å²) in [7, 11) is 1.72. The number of hydrogen-bond acceptors (Lipinski definition) is 2. The standard InChI is InChI=1S/C8H12ClIN2O/c1-13-5-3-2-4-12-6-7(9)8(10)11-12/h6H,2-5H2,1H3. The molecule has 0 amide bonds. The van der Waals surface area contributed by atoms with Crippen molar-refractivity contribution in [2.45, 2.75) is 19.4 Å². The lowest BCUT2D eigenvalue weighted by molar-refractivity contribution is 0.191. The first kappa shape index (κ1) is 11.3. The van der Waals surface area contributed by atoms with Crippen LogP contribution in [-0.2, 0) is 11.3 Å². The Kier molecular flexibility index (Phi) is 5.05. The quantitative estimate of drug-likeness (QED) is 0.617. The van der Waals surface area contributed by atoms with E-state index in [4.69, 9.17) is 16.3 Å². The lowest BCUT2D eigenvalue weighted by atomic mass is 10.3. The average molecular weight is 315 g/mol. The molecule has 0 atom stereocenters. The first-order valence-corrected chi connectivity index (χ1v) is 5.57. The highest BCUT2D eigenvalue weighted by molar-refractivity contribution is 14.1. The van der Waals surface area contributed by atoms with E-state index in [-0.39, 0.29) is 0 Å². The Balaban J connectivity index is 2.29. The fourth-order valence-electron chi connectivity index (χ4n) is 1.01. The second kappa shape index (κ2) is 5.82. The molecule has 0 unspecified atom stereocenters. The molecule has 0 saturated carbocycles. The number of ether oxygens (including phenoxy) is 1. The molecule has 0 aromatic carbocycles. The maximum Gasteiger partial charge on any atom is 0.141 e. The highest BCUT2D eigenvalue weighted by Gasteiger charge is 2.01. The molecule has 5 heteroatoms. The van der Waals surface area contributed by atoms with Gasteiger partial charge in [-0.3, -0.25) is 4.68 Å². The molecular weight excluding hydrogens is 302 g/mol. The summed E-state index contributed by atoms with van der Waals surface area (Å²) in [6, 6.07) is 0. The molecule has 0 bridgehead atoms. The maximum atomic E-state index is 5.85. The molecule has 0 fully saturated rings. The van der Waals surface area contributed by atoms with Crippen molar-refractivity contribution in [3.63, 3.8) is 0 Å². The summed E-state index contributed by atoms with van der Waals surface area (Å²) in [5, 5.41) is 4.97. The molecule has 0 aliphatic carbocycles. The third-order valence-corrected chi connectivity index (χ3v) is 3.05. The summed E-state index contributed by atoms with van der Waals surface area (Å²) in [5.74, 6) is 0. The minimum Gasteiger partial charge on any atom is -0.385 e. The number of rotatable bonds is 5. The zero-order chi connectivity index (χ0) is 9.68. The second-order valence-electron chi connectivity index (χ2n) is 2.73. The molecule has 1 rings (SSSR count). The van der Waals surface area contributed by atoms with Crippen LogP contribution in [0.3, 0.4) is 0 Å². The van der Waals surface area contributed by atoms with Crippen LogP contribution >= 0.6 is 34.2 Å². The van der Waals surface area contributed by atoms with Crippen molar-refractivity contribution in [3.8, 4) is 0 Å². The van der Waals surface area contributed by atoms with Crippen LogP contribution < -0.4 is 0 Å². The highest BCUT2D eigenvalue weighted by Crippen LogP contribution is 2.15. The van der Waals surface area contributed by atoms with E-state index in [0.29, 0.717) is 0 Å². The van der Waals surface area contributed by atoms with Gasteiger partial charge in [-0.2, -0.15) is 5.10 Å². The summed E-state index contributed by atoms with van der Waals surface area (Å²) >= 11 is 7.98. The third-order valence-electron chi connectivity index (χ3n) is 1.66. The minimum atomic E-state index is 0.729. The normalized spacial score (nSPS) is 10.7. The molecule has 1 aromatic heterocycles. The molecule has 74 valence electrons. The zero-order valence-electron chi connectivity index (χ0n) is 7.46. The Morgan fingerprint density at radius 2 is 2.38 bits per heavy atom. The first-order valence-electron chi connectivity index (χ1n) is 4.11. The molecule has 0 radical (unpaired) electrons. The van der Waals surface area contributed by atoms with E-state index in [2.05, 4.69) is 27.7 Å². The van der Waals surface area contributed by atoms with Gasteiger partial charge in [0.1, 0.15) is 3.70 Å². The molecule has 1 heterocycles. The van der Waals surface area contributed by atoms with Crippen LogP contribution in [0, 0.1) is 3.70 Å². The Labute approximate surface area is 96.5 Å². The summed E-state index contributed by atoms with van der Waals surface area (Å²) in [6.45, 7) is 1.72. The van der Waals surface area contributed by atoms with Crippen LogP contribution in [0.15, 0.2) is 6.20 Å². The lowest BCUT2D eigenvalue weighted by Gasteiger charge is -2.00. The van der Waals surface area contributed by atoms with E-state index < -0.39 is 0 Å². The average Bonchev–Trinajstić information content (AvgIpc) is 2.41. The SMILES string of the molecule is COCCCCn1cc(Cl)c(I)n1. The van der Waals surface area contributed by atoms with Gasteiger partial charge in [0.15, 0.2) is 0 Å². The summed E-state index contributed by atoms with van der Waals surface area (Å²) in [6.07, 6.45) is 3.99. The summed E-state index contributed by atoms with van der Waals surface area (Å²) in [5.41, 5.74) is 0. The second-order valence-corrected chi connectivity index (χ2v) is 4.16. The van der Waals surface area contributed by atoms with E-state index in [1.807, 2.05) is 10.9 Å². The predicted molar refractivity (Wildman–Crippen MR) is 61.1 cm³/mol. The van der Waals surface area contributed by atoms with Crippen molar-refractivity contribution >= 4 is 34.2 Å². The van der Waals surface area contributed by atoms with Crippen LogP contribution in [-0.4, -0.2) is 23.5 Å². The molecule has 0 aliphatic rings. The van der Waals surface area contributed by atoms with Crippen LogP contribution in [0.25, 0.3) is 0 Å². The van der Waals surface area contributed by atoms with Gasteiger partial charge in [-0.05, 0) is 35.4 Å². The summed E-state index contributed by atoms with van der Waals surface area (Å²) < 4.78 is 7.69. The van der Waals surface area contributed by atoms with Crippen LogP contribution in [0.2, 0.25) is 5.02 Å². The smallest absolute Gasteiger partial charge is 0.141 e. The van der Waals surface area contributed by atoms with Gasteiger partial charge in [-0.15, -0.1) is 0 Å². The van der Waals surface area contributed by atoms with Crippen molar-refractivity contribution in [2.24, 2.45) is 0 Å².